The molecule has 1 saturated heterocycles. The van der Waals surface area contributed by atoms with Crippen LogP contribution >= 0.6 is 11.3 Å². The minimum Gasteiger partial charge on any atom is -0.381 e. The number of benzene rings is 2. The third-order valence-electron chi connectivity index (χ3n) is 7.12. The van der Waals surface area contributed by atoms with Crippen LogP contribution in [0.5, 0.6) is 0 Å². The summed E-state index contributed by atoms with van der Waals surface area (Å²) in [5.41, 5.74) is 4.77. The van der Waals surface area contributed by atoms with Gasteiger partial charge in [-0.15, -0.1) is 11.3 Å². The maximum absolute atomic E-state index is 13.5. The summed E-state index contributed by atoms with van der Waals surface area (Å²) in [7, 11) is 0. The van der Waals surface area contributed by atoms with Crippen molar-refractivity contribution < 1.29 is 4.74 Å². The average Bonchev–Trinajstić information content (AvgIpc) is 3.26. The Bertz CT molecular complexity index is 1360. The molecule has 0 bridgehead atoms. The lowest BCUT2D eigenvalue weighted by molar-refractivity contribution is 0.0743. The summed E-state index contributed by atoms with van der Waals surface area (Å²) in [6.45, 7) is 2.24. The summed E-state index contributed by atoms with van der Waals surface area (Å²) < 4.78 is 7.27. The first-order valence-electron chi connectivity index (χ1n) is 12.2. The number of ether oxygens (including phenoxy) is 1. The van der Waals surface area contributed by atoms with Crippen molar-refractivity contribution in [1.29, 1.82) is 0 Å². The minimum atomic E-state index is 0.0865. The topological polar surface area (TPSA) is 56.2 Å². The zero-order chi connectivity index (χ0) is 22.9. The smallest absolute Gasteiger partial charge is 0.262 e. The molecule has 2 aromatic carbocycles. The standard InChI is InChI=1S/C28H29N3O2S/c32-28-26-24-10-9-23(30-22-11-13-33-14-12-22)16-25(24)34-27(26)29-18-31(28)17-19-5-4-8-21(15-19)20-6-2-1-3-7-20/h1-8,15,18,22-23,30H,9-14,16-17H2. The second-order valence-corrected chi connectivity index (χ2v) is 10.5. The van der Waals surface area contributed by atoms with Crippen molar-refractivity contribution >= 4 is 21.6 Å². The molecule has 1 N–H and O–H groups in total. The Morgan fingerprint density at radius 3 is 2.68 bits per heavy atom. The summed E-state index contributed by atoms with van der Waals surface area (Å²) in [6.07, 6.45) is 6.91. The number of nitrogens with one attached hydrogen (secondary N) is 1. The highest BCUT2D eigenvalue weighted by Gasteiger charge is 2.27. The fourth-order valence-electron chi connectivity index (χ4n) is 5.33. The molecule has 1 aliphatic carbocycles. The van der Waals surface area contributed by atoms with Gasteiger partial charge in [-0.25, -0.2) is 4.98 Å². The molecule has 174 valence electrons. The molecule has 6 heteroatoms. The first-order valence-corrected chi connectivity index (χ1v) is 13.0. The number of hydrogen-bond acceptors (Lipinski definition) is 5. The van der Waals surface area contributed by atoms with Gasteiger partial charge in [0.15, 0.2) is 0 Å². The molecular weight excluding hydrogens is 442 g/mol. The van der Waals surface area contributed by atoms with Crippen LogP contribution in [0.25, 0.3) is 21.3 Å². The zero-order valence-corrected chi connectivity index (χ0v) is 20.0. The van der Waals surface area contributed by atoms with Gasteiger partial charge in [0.2, 0.25) is 0 Å². The van der Waals surface area contributed by atoms with Gasteiger partial charge < -0.3 is 10.1 Å². The van der Waals surface area contributed by atoms with Crippen molar-refractivity contribution in [2.45, 2.75) is 50.7 Å². The van der Waals surface area contributed by atoms with E-state index in [2.05, 4.69) is 41.7 Å². The van der Waals surface area contributed by atoms with Gasteiger partial charge in [0.05, 0.1) is 18.3 Å². The monoisotopic (exact) mass is 471 g/mol. The lowest BCUT2D eigenvalue weighted by atomic mass is 9.92. The molecule has 0 saturated carbocycles. The molecule has 2 aliphatic rings. The molecule has 0 amide bonds. The largest absolute Gasteiger partial charge is 0.381 e. The van der Waals surface area contributed by atoms with Gasteiger partial charge in [0, 0.05) is 30.2 Å². The van der Waals surface area contributed by atoms with Crippen LogP contribution in [-0.2, 0) is 24.1 Å². The molecule has 1 unspecified atom stereocenters. The van der Waals surface area contributed by atoms with E-state index in [9.17, 15) is 4.79 Å². The fraction of sp³-hybridized carbons (Fsp3) is 0.357. The highest BCUT2D eigenvalue weighted by Crippen LogP contribution is 2.34. The average molecular weight is 472 g/mol. The summed E-state index contributed by atoms with van der Waals surface area (Å²) in [4.78, 5) is 20.4. The first kappa shape index (κ1) is 21.7. The Morgan fingerprint density at radius 1 is 1.00 bits per heavy atom. The van der Waals surface area contributed by atoms with Crippen molar-refractivity contribution in [1.82, 2.24) is 14.9 Å². The van der Waals surface area contributed by atoms with E-state index in [1.165, 1.54) is 16.0 Å². The summed E-state index contributed by atoms with van der Waals surface area (Å²) in [6, 6.07) is 19.8. The van der Waals surface area contributed by atoms with Gasteiger partial charge in [-0.05, 0) is 60.4 Å². The Balaban J connectivity index is 1.25. The third kappa shape index (κ3) is 4.33. The number of nitrogens with zero attached hydrogens (tertiary/aromatic N) is 2. The number of fused-ring (bicyclic) bond motifs is 3. The molecule has 6 rings (SSSR count). The van der Waals surface area contributed by atoms with Crippen LogP contribution in [0.1, 0.15) is 35.3 Å². The van der Waals surface area contributed by atoms with Crippen LogP contribution in [-0.4, -0.2) is 34.8 Å². The van der Waals surface area contributed by atoms with E-state index in [0.717, 1.165) is 66.7 Å². The van der Waals surface area contributed by atoms with Gasteiger partial charge in [0.25, 0.3) is 5.56 Å². The molecule has 34 heavy (non-hydrogen) atoms. The molecule has 5 nitrogen and oxygen atoms in total. The quantitative estimate of drug-likeness (QED) is 0.454. The van der Waals surface area contributed by atoms with E-state index in [1.54, 1.807) is 22.2 Å². The molecular formula is C28H29N3O2S. The van der Waals surface area contributed by atoms with Gasteiger partial charge in [-0.3, -0.25) is 9.36 Å². The van der Waals surface area contributed by atoms with Crippen LogP contribution in [0.2, 0.25) is 0 Å². The van der Waals surface area contributed by atoms with E-state index >= 15 is 0 Å². The predicted molar refractivity (Wildman–Crippen MR) is 138 cm³/mol. The second-order valence-electron chi connectivity index (χ2n) is 9.42. The summed E-state index contributed by atoms with van der Waals surface area (Å²) >= 11 is 1.71. The van der Waals surface area contributed by atoms with Crippen molar-refractivity contribution in [2.24, 2.45) is 0 Å². The molecule has 3 heterocycles. The normalized spacial score (nSPS) is 18.8. The second kappa shape index (κ2) is 9.45. The lowest BCUT2D eigenvalue weighted by Gasteiger charge is -2.30. The first-order chi connectivity index (χ1) is 16.7. The van der Waals surface area contributed by atoms with E-state index in [0.29, 0.717) is 18.6 Å². The molecule has 0 radical (unpaired) electrons. The lowest BCUT2D eigenvalue weighted by Crippen LogP contribution is -2.44. The molecule has 2 aromatic heterocycles. The number of hydrogen-bond donors (Lipinski definition) is 1. The van der Waals surface area contributed by atoms with Crippen molar-refractivity contribution in [3.63, 3.8) is 0 Å². The Kier molecular flexibility index (Phi) is 6.04. The Labute approximate surface area is 203 Å². The molecule has 1 atom stereocenters. The number of rotatable bonds is 5. The van der Waals surface area contributed by atoms with E-state index in [-0.39, 0.29) is 5.56 Å². The van der Waals surface area contributed by atoms with Crippen LogP contribution in [0, 0.1) is 0 Å². The van der Waals surface area contributed by atoms with Gasteiger partial charge in [-0.1, -0.05) is 48.5 Å². The van der Waals surface area contributed by atoms with E-state index < -0.39 is 0 Å². The van der Waals surface area contributed by atoms with Crippen LogP contribution in [0.4, 0.5) is 0 Å². The molecule has 1 fully saturated rings. The molecule has 1 aliphatic heterocycles. The highest BCUT2D eigenvalue weighted by atomic mass is 32.1. The van der Waals surface area contributed by atoms with Gasteiger partial charge in [0.1, 0.15) is 4.83 Å². The van der Waals surface area contributed by atoms with Crippen LogP contribution in [0.3, 0.4) is 0 Å². The molecule has 0 spiro atoms. The fourth-order valence-corrected chi connectivity index (χ4v) is 6.59. The van der Waals surface area contributed by atoms with Crippen molar-refractivity contribution in [3.8, 4) is 11.1 Å². The van der Waals surface area contributed by atoms with Crippen molar-refractivity contribution in [3.05, 3.63) is 87.3 Å². The third-order valence-corrected chi connectivity index (χ3v) is 8.28. The number of aromatic nitrogens is 2. The van der Waals surface area contributed by atoms with Crippen LogP contribution < -0.4 is 10.9 Å². The zero-order valence-electron chi connectivity index (χ0n) is 19.2. The number of aryl methyl sites for hydroxylation is 1. The Hall–Kier alpha value is -2.80. The minimum absolute atomic E-state index is 0.0865. The van der Waals surface area contributed by atoms with E-state index in [4.69, 9.17) is 9.72 Å². The summed E-state index contributed by atoms with van der Waals surface area (Å²) in [5, 5.41) is 4.68. The van der Waals surface area contributed by atoms with E-state index in [1.807, 2.05) is 18.2 Å². The van der Waals surface area contributed by atoms with Crippen molar-refractivity contribution in [2.75, 3.05) is 13.2 Å². The highest BCUT2D eigenvalue weighted by molar-refractivity contribution is 7.18. The van der Waals surface area contributed by atoms with Gasteiger partial charge in [-0.2, -0.15) is 0 Å². The Morgan fingerprint density at radius 2 is 1.82 bits per heavy atom. The molecule has 4 aromatic rings. The number of thiophene rings is 1. The SMILES string of the molecule is O=c1c2c3c(sc2ncn1Cc1cccc(-c2ccccc2)c1)CC(NC1CCOCC1)CC3. The predicted octanol–water partition coefficient (Wildman–Crippen LogP) is 4.80. The maximum Gasteiger partial charge on any atom is 0.262 e. The summed E-state index contributed by atoms with van der Waals surface area (Å²) in [5.74, 6) is 0. The van der Waals surface area contributed by atoms with Crippen LogP contribution in [0.15, 0.2) is 65.7 Å². The maximum atomic E-state index is 13.5. The van der Waals surface area contributed by atoms with Gasteiger partial charge >= 0.3 is 0 Å².